The maximum atomic E-state index is 12.4. The molecule has 0 fully saturated rings. The Labute approximate surface area is 195 Å². The number of carbonyl (C=O) groups is 1. The predicted octanol–water partition coefficient (Wildman–Crippen LogP) is 5.95. The highest BCUT2D eigenvalue weighted by atomic mass is 35.5. The zero-order valence-electron chi connectivity index (χ0n) is 17.1. The van der Waals surface area contributed by atoms with Gasteiger partial charge in [-0.25, -0.2) is 0 Å². The second-order valence-corrected chi connectivity index (χ2v) is 8.51. The number of aromatic nitrogens is 3. The lowest BCUT2D eigenvalue weighted by Gasteiger charge is -2.17. The zero-order valence-corrected chi connectivity index (χ0v) is 19.5. The molecule has 0 aliphatic rings. The Hall–Kier alpha value is -2.48. The third kappa shape index (κ3) is 6.03. The Morgan fingerprint density at radius 1 is 1.29 bits per heavy atom. The lowest BCUT2D eigenvalue weighted by Crippen LogP contribution is -2.16. The number of rotatable bonds is 9. The quantitative estimate of drug-likeness (QED) is 0.305. The number of halogens is 2. The lowest BCUT2D eigenvalue weighted by molar-refractivity contribution is -0.113. The molecule has 0 saturated heterocycles. The maximum absolute atomic E-state index is 12.4. The van der Waals surface area contributed by atoms with Gasteiger partial charge >= 0.3 is 0 Å². The van der Waals surface area contributed by atoms with Crippen LogP contribution in [0.2, 0.25) is 10.0 Å². The minimum atomic E-state index is -0.331. The Morgan fingerprint density at radius 3 is 2.81 bits per heavy atom. The molecular formula is C22H22Cl2N4O2S. The van der Waals surface area contributed by atoms with Gasteiger partial charge in [0.05, 0.1) is 16.5 Å². The first-order valence-electron chi connectivity index (χ1n) is 9.53. The molecule has 6 nitrogen and oxygen atoms in total. The SMILES string of the molecule is C=CCn1c(SCC(=O)Nc2cc(Cl)ccc2Cl)nnc1C(C)Oc1ccccc1C. The Bertz CT molecular complexity index is 1090. The summed E-state index contributed by atoms with van der Waals surface area (Å²) >= 11 is 13.3. The van der Waals surface area contributed by atoms with Crippen LogP contribution in [-0.4, -0.2) is 26.4 Å². The van der Waals surface area contributed by atoms with Crippen molar-refractivity contribution in [3.05, 3.63) is 76.6 Å². The van der Waals surface area contributed by atoms with Crippen LogP contribution >= 0.6 is 35.0 Å². The number of carbonyl (C=O) groups excluding carboxylic acids is 1. The van der Waals surface area contributed by atoms with Crippen molar-refractivity contribution in [2.45, 2.75) is 31.7 Å². The summed E-state index contributed by atoms with van der Waals surface area (Å²) < 4.78 is 7.98. The first-order valence-corrected chi connectivity index (χ1v) is 11.3. The van der Waals surface area contributed by atoms with Crippen molar-refractivity contribution in [1.29, 1.82) is 0 Å². The molecular weight excluding hydrogens is 455 g/mol. The van der Waals surface area contributed by atoms with Crippen molar-refractivity contribution < 1.29 is 9.53 Å². The van der Waals surface area contributed by atoms with Crippen LogP contribution in [0.4, 0.5) is 5.69 Å². The van der Waals surface area contributed by atoms with E-state index in [1.54, 1.807) is 24.3 Å². The van der Waals surface area contributed by atoms with Crippen molar-refractivity contribution >= 4 is 46.6 Å². The van der Waals surface area contributed by atoms with Gasteiger partial charge in [-0.3, -0.25) is 9.36 Å². The molecule has 1 unspecified atom stereocenters. The van der Waals surface area contributed by atoms with Crippen molar-refractivity contribution in [3.63, 3.8) is 0 Å². The molecule has 1 heterocycles. The van der Waals surface area contributed by atoms with E-state index in [0.717, 1.165) is 11.3 Å². The highest BCUT2D eigenvalue weighted by molar-refractivity contribution is 7.99. The number of amides is 1. The smallest absolute Gasteiger partial charge is 0.234 e. The summed E-state index contributed by atoms with van der Waals surface area (Å²) in [5.74, 6) is 1.35. The van der Waals surface area contributed by atoms with Crippen molar-refractivity contribution in [3.8, 4) is 5.75 Å². The summed E-state index contributed by atoms with van der Waals surface area (Å²) in [4.78, 5) is 12.4. The molecule has 3 aromatic rings. The third-order valence-electron chi connectivity index (χ3n) is 4.35. The number of ether oxygens (including phenoxy) is 1. The van der Waals surface area contributed by atoms with Crippen LogP contribution < -0.4 is 10.1 Å². The number of hydrogen-bond acceptors (Lipinski definition) is 5. The van der Waals surface area contributed by atoms with E-state index in [1.807, 2.05) is 42.7 Å². The molecule has 1 N–H and O–H groups in total. The van der Waals surface area contributed by atoms with Gasteiger partial charge in [0, 0.05) is 11.6 Å². The van der Waals surface area contributed by atoms with E-state index in [-0.39, 0.29) is 17.8 Å². The number of para-hydroxylation sites is 1. The summed E-state index contributed by atoms with van der Waals surface area (Å²) in [6.07, 6.45) is 1.42. The maximum Gasteiger partial charge on any atom is 0.234 e. The van der Waals surface area contributed by atoms with E-state index in [0.29, 0.717) is 33.3 Å². The number of aryl methyl sites for hydroxylation is 1. The van der Waals surface area contributed by atoms with Crippen LogP contribution in [0, 0.1) is 6.92 Å². The fourth-order valence-electron chi connectivity index (χ4n) is 2.85. The summed E-state index contributed by atoms with van der Waals surface area (Å²) in [5.41, 5.74) is 1.50. The number of hydrogen-bond donors (Lipinski definition) is 1. The number of nitrogens with one attached hydrogen (secondary N) is 1. The molecule has 0 saturated carbocycles. The molecule has 1 amide bonds. The van der Waals surface area contributed by atoms with Crippen molar-refractivity contribution in [2.24, 2.45) is 0 Å². The predicted molar refractivity (Wildman–Crippen MR) is 126 cm³/mol. The van der Waals surface area contributed by atoms with Gasteiger partial charge in [0.25, 0.3) is 0 Å². The second-order valence-electron chi connectivity index (χ2n) is 6.73. The van der Waals surface area contributed by atoms with Crippen LogP contribution in [0.3, 0.4) is 0 Å². The van der Waals surface area contributed by atoms with Crippen LogP contribution in [0.25, 0.3) is 0 Å². The lowest BCUT2D eigenvalue weighted by atomic mass is 10.2. The molecule has 0 aliphatic carbocycles. The topological polar surface area (TPSA) is 69.0 Å². The molecule has 3 rings (SSSR count). The van der Waals surface area contributed by atoms with Crippen LogP contribution in [0.1, 0.15) is 24.4 Å². The van der Waals surface area contributed by atoms with E-state index in [2.05, 4.69) is 22.1 Å². The summed E-state index contributed by atoms with van der Waals surface area (Å²) in [5, 5.41) is 12.8. The highest BCUT2D eigenvalue weighted by Crippen LogP contribution is 2.28. The number of nitrogens with zero attached hydrogens (tertiary/aromatic N) is 3. The molecule has 1 aromatic heterocycles. The van der Waals surface area contributed by atoms with E-state index in [1.165, 1.54) is 11.8 Å². The summed E-state index contributed by atoms with van der Waals surface area (Å²) in [6.45, 7) is 8.21. The fourth-order valence-corrected chi connectivity index (χ4v) is 3.94. The molecule has 0 aliphatic heterocycles. The average Bonchev–Trinajstić information content (AvgIpc) is 3.14. The van der Waals surface area contributed by atoms with E-state index in [4.69, 9.17) is 27.9 Å². The second kappa shape index (κ2) is 10.7. The van der Waals surface area contributed by atoms with Gasteiger partial charge in [0.15, 0.2) is 17.1 Å². The van der Waals surface area contributed by atoms with Crippen LogP contribution in [-0.2, 0) is 11.3 Å². The number of allylic oxidation sites excluding steroid dienone is 1. The van der Waals surface area contributed by atoms with Crippen LogP contribution in [0.5, 0.6) is 5.75 Å². The van der Waals surface area contributed by atoms with Gasteiger partial charge < -0.3 is 10.1 Å². The van der Waals surface area contributed by atoms with Crippen molar-refractivity contribution in [2.75, 3.05) is 11.1 Å². The van der Waals surface area contributed by atoms with Gasteiger partial charge in [-0.2, -0.15) is 0 Å². The van der Waals surface area contributed by atoms with Gasteiger partial charge in [-0.1, -0.05) is 59.2 Å². The van der Waals surface area contributed by atoms with Crippen molar-refractivity contribution in [1.82, 2.24) is 14.8 Å². The molecule has 31 heavy (non-hydrogen) atoms. The molecule has 0 bridgehead atoms. The Kier molecular flexibility index (Phi) is 8.01. The normalized spacial score (nSPS) is 11.7. The number of benzene rings is 2. The first kappa shape index (κ1) is 23.2. The number of anilines is 1. The first-order chi connectivity index (χ1) is 14.9. The molecule has 162 valence electrons. The average molecular weight is 477 g/mol. The van der Waals surface area contributed by atoms with Crippen LogP contribution in [0.15, 0.2) is 60.3 Å². The van der Waals surface area contributed by atoms with E-state index >= 15 is 0 Å². The standard InChI is InChI=1S/C22H22Cl2N4O2S/c1-4-11-28-21(15(3)30-19-8-6-5-7-14(19)2)26-27-22(28)31-13-20(29)25-18-12-16(23)9-10-17(18)24/h4-10,12,15H,1,11,13H2,2-3H3,(H,25,29). The van der Waals surface area contributed by atoms with E-state index < -0.39 is 0 Å². The van der Waals surface area contributed by atoms with Gasteiger partial charge in [0.2, 0.25) is 5.91 Å². The van der Waals surface area contributed by atoms with Gasteiger partial charge in [-0.15, -0.1) is 16.8 Å². The highest BCUT2D eigenvalue weighted by Gasteiger charge is 2.20. The zero-order chi connectivity index (χ0) is 22.4. The van der Waals surface area contributed by atoms with Gasteiger partial charge in [0.1, 0.15) is 5.75 Å². The monoisotopic (exact) mass is 476 g/mol. The molecule has 0 radical (unpaired) electrons. The largest absolute Gasteiger partial charge is 0.482 e. The fraction of sp³-hybridized carbons (Fsp3) is 0.227. The molecule has 0 spiro atoms. The third-order valence-corrected chi connectivity index (χ3v) is 5.88. The summed E-state index contributed by atoms with van der Waals surface area (Å²) in [6, 6.07) is 12.7. The van der Waals surface area contributed by atoms with E-state index in [9.17, 15) is 4.79 Å². The van der Waals surface area contributed by atoms with Gasteiger partial charge in [-0.05, 0) is 43.7 Å². The molecule has 1 atom stereocenters. The number of thioether (sulfide) groups is 1. The minimum Gasteiger partial charge on any atom is -0.482 e. The molecule has 9 heteroatoms. The summed E-state index contributed by atoms with van der Waals surface area (Å²) in [7, 11) is 0. The Balaban J connectivity index is 1.69. The molecule has 2 aromatic carbocycles. The Morgan fingerprint density at radius 2 is 2.06 bits per heavy atom. The minimum absolute atomic E-state index is 0.130.